The Morgan fingerprint density at radius 3 is 2.81 bits per heavy atom. The SMILES string of the molecule is CCOC(=O)c1nc(CC)n(CC2CCCCN2C)c1N. The predicted octanol–water partition coefficient (Wildman–Crippen LogP) is 1.69. The van der Waals surface area contributed by atoms with Crippen LogP contribution in [0.4, 0.5) is 5.82 Å². The number of likely N-dealkylation sites (tertiary alicyclic amines) is 1. The van der Waals surface area contributed by atoms with Crippen molar-refractivity contribution in [1.82, 2.24) is 14.5 Å². The summed E-state index contributed by atoms with van der Waals surface area (Å²) in [6.45, 7) is 6.04. The molecule has 6 nitrogen and oxygen atoms in total. The van der Waals surface area contributed by atoms with Gasteiger partial charge in [0.25, 0.3) is 0 Å². The Morgan fingerprint density at radius 2 is 2.19 bits per heavy atom. The molecule has 1 aliphatic heterocycles. The summed E-state index contributed by atoms with van der Waals surface area (Å²) in [5, 5.41) is 0. The third-order valence-electron chi connectivity index (χ3n) is 4.19. The lowest BCUT2D eigenvalue weighted by Crippen LogP contribution is -2.39. The fraction of sp³-hybridized carbons (Fsp3) is 0.733. The van der Waals surface area contributed by atoms with Crippen LogP contribution in [0.15, 0.2) is 0 Å². The highest BCUT2D eigenvalue weighted by atomic mass is 16.5. The number of ether oxygens (including phenoxy) is 1. The normalized spacial score (nSPS) is 19.7. The average molecular weight is 294 g/mol. The van der Waals surface area contributed by atoms with E-state index in [2.05, 4.69) is 16.9 Å². The number of hydrogen-bond donors (Lipinski definition) is 1. The third kappa shape index (κ3) is 3.37. The molecule has 1 aromatic heterocycles. The van der Waals surface area contributed by atoms with Crippen molar-refractivity contribution in [3.05, 3.63) is 11.5 Å². The van der Waals surface area contributed by atoms with E-state index < -0.39 is 5.97 Å². The van der Waals surface area contributed by atoms with Gasteiger partial charge in [0.05, 0.1) is 6.61 Å². The first-order valence-electron chi connectivity index (χ1n) is 7.80. The van der Waals surface area contributed by atoms with Gasteiger partial charge in [-0.2, -0.15) is 0 Å². The van der Waals surface area contributed by atoms with Crippen molar-refractivity contribution >= 4 is 11.8 Å². The van der Waals surface area contributed by atoms with E-state index in [0.717, 1.165) is 31.8 Å². The van der Waals surface area contributed by atoms with Crippen LogP contribution in [-0.4, -0.2) is 46.7 Å². The summed E-state index contributed by atoms with van der Waals surface area (Å²) in [6.07, 6.45) is 4.41. The zero-order chi connectivity index (χ0) is 15.4. The standard InChI is InChI=1S/C15H26N4O2/c1-4-12-17-13(15(20)21-5-2)14(16)19(12)10-11-8-6-7-9-18(11)3/h11H,4-10,16H2,1-3H3. The number of carbonyl (C=O) groups excluding carboxylic acids is 1. The Bertz CT molecular complexity index is 498. The molecule has 0 saturated carbocycles. The summed E-state index contributed by atoms with van der Waals surface area (Å²) >= 11 is 0. The van der Waals surface area contributed by atoms with Gasteiger partial charge in [0.2, 0.25) is 0 Å². The van der Waals surface area contributed by atoms with Crippen molar-refractivity contribution in [1.29, 1.82) is 0 Å². The van der Waals surface area contributed by atoms with E-state index >= 15 is 0 Å². The number of aromatic nitrogens is 2. The average Bonchev–Trinajstić information content (AvgIpc) is 2.78. The molecule has 1 aromatic rings. The number of nitrogens with zero attached hydrogens (tertiary/aromatic N) is 3. The maximum atomic E-state index is 11.9. The van der Waals surface area contributed by atoms with Gasteiger partial charge in [-0.25, -0.2) is 9.78 Å². The zero-order valence-electron chi connectivity index (χ0n) is 13.3. The lowest BCUT2D eigenvalue weighted by Gasteiger charge is -2.33. The van der Waals surface area contributed by atoms with E-state index in [-0.39, 0.29) is 5.69 Å². The molecule has 118 valence electrons. The number of piperidine rings is 1. The van der Waals surface area contributed by atoms with E-state index in [1.165, 1.54) is 12.8 Å². The molecule has 1 saturated heterocycles. The molecule has 1 fully saturated rings. The van der Waals surface area contributed by atoms with Crippen LogP contribution >= 0.6 is 0 Å². The Kier molecular flexibility index (Phi) is 5.22. The number of nitrogen functional groups attached to an aromatic ring is 1. The van der Waals surface area contributed by atoms with Gasteiger partial charge in [0.15, 0.2) is 5.69 Å². The molecule has 0 aromatic carbocycles. The summed E-state index contributed by atoms with van der Waals surface area (Å²) in [4.78, 5) is 18.7. The molecule has 1 unspecified atom stereocenters. The molecule has 2 N–H and O–H groups in total. The van der Waals surface area contributed by atoms with Gasteiger partial charge in [-0.1, -0.05) is 13.3 Å². The monoisotopic (exact) mass is 294 g/mol. The smallest absolute Gasteiger partial charge is 0.360 e. The molecule has 0 spiro atoms. The van der Waals surface area contributed by atoms with Gasteiger partial charge >= 0.3 is 5.97 Å². The minimum atomic E-state index is -0.430. The van der Waals surface area contributed by atoms with E-state index in [1.807, 2.05) is 11.5 Å². The molecule has 0 radical (unpaired) electrons. The fourth-order valence-electron chi connectivity index (χ4n) is 2.92. The summed E-state index contributed by atoms with van der Waals surface area (Å²) in [5.74, 6) is 0.860. The maximum absolute atomic E-state index is 11.9. The molecular weight excluding hydrogens is 268 g/mol. The number of carbonyl (C=O) groups is 1. The molecule has 0 bridgehead atoms. The second-order valence-electron chi connectivity index (χ2n) is 5.58. The van der Waals surface area contributed by atoms with Gasteiger partial charge in [-0.3, -0.25) is 0 Å². The molecule has 2 rings (SSSR count). The largest absolute Gasteiger partial charge is 0.461 e. The molecular formula is C15H26N4O2. The van der Waals surface area contributed by atoms with Crippen molar-refractivity contribution < 1.29 is 9.53 Å². The number of rotatable bonds is 5. The lowest BCUT2D eigenvalue weighted by molar-refractivity contribution is 0.0521. The lowest BCUT2D eigenvalue weighted by atomic mass is 10.0. The van der Waals surface area contributed by atoms with Crippen LogP contribution in [-0.2, 0) is 17.7 Å². The van der Waals surface area contributed by atoms with Crippen molar-refractivity contribution in [3.8, 4) is 0 Å². The topological polar surface area (TPSA) is 73.4 Å². The maximum Gasteiger partial charge on any atom is 0.360 e. The molecule has 6 heteroatoms. The Labute approximate surface area is 126 Å². The van der Waals surface area contributed by atoms with Crippen LogP contribution < -0.4 is 5.73 Å². The first kappa shape index (κ1) is 15.8. The number of imidazole rings is 1. The number of esters is 1. The first-order valence-corrected chi connectivity index (χ1v) is 7.80. The van der Waals surface area contributed by atoms with E-state index in [9.17, 15) is 4.79 Å². The van der Waals surface area contributed by atoms with E-state index in [0.29, 0.717) is 18.5 Å². The third-order valence-corrected chi connectivity index (χ3v) is 4.19. The van der Waals surface area contributed by atoms with Crippen LogP contribution in [0.25, 0.3) is 0 Å². The van der Waals surface area contributed by atoms with Gasteiger partial charge in [-0.05, 0) is 33.4 Å². The second-order valence-corrected chi connectivity index (χ2v) is 5.58. The van der Waals surface area contributed by atoms with Crippen LogP contribution in [0.5, 0.6) is 0 Å². The van der Waals surface area contributed by atoms with Gasteiger partial charge in [-0.15, -0.1) is 0 Å². The number of likely N-dealkylation sites (N-methyl/N-ethyl adjacent to an activating group) is 1. The second kappa shape index (κ2) is 6.93. The van der Waals surface area contributed by atoms with E-state index in [1.54, 1.807) is 6.92 Å². The molecule has 0 amide bonds. The Morgan fingerprint density at radius 1 is 1.43 bits per heavy atom. The molecule has 1 aliphatic rings. The molecule has 21 heavy (non-hydrogen) atoms. The van der Waals surface area contributed by atoms with E-state index in [4.69, 9.17) is 10.5 Å². The molecule has 1 atom stereocenters. The Hall–Kier alpha value is -1.56. The quantitative estimate of drug-likeness (QED) is 0.837. The highest BCUT2D eigenvalue weighted by Gasteiger charge is 2.25. The summed E-state index contributed by atoms with van der Waals surface area (Å²) in [7, 11) is 2.15. The minimum Gasteiger partial charge on any atom is -0.461 e. The minimum absolute atomic E-state index is 0.257. The molecule has 2 heterocycles. The summed E-state index contributed by atoms with van der Waals surface area (Å²) in [5.41, 5.74) is 6.41. The number of nitrogens with two attached hydrogens (primary N) is 1. The van der Waals surface area contributed by atoms with Crippen LogP contribution in [0.2, 0.25) is 0 Å². The molecule has 0 aliphatic carbocycles. The highest BCUT2D eigenvalue weighted by Crippen LogP contribution is 2.22. The van der Waals surface area contributed by atoms with Crippen LogP contribution in [0.1, 0.15) is 49.4 Å². The zero-order valence-corrected chi connectivity index (χ0v) is 13.3. The van der Waals surface area contributed by atoms with Crippen molar-refractivity contribution in [2.45, 2.75) is 52.1 Å². The fourth-order valence-corrected chi connectivity index (χ4v) is 2.92. The first-order chi connectivity index (χ1) is 10.1. The van der Waals surface area contributed by atoms with Gasteiger partial charge in [0.1, 0.15) is 11.6 Å². The van der Waals surface area contributed by atoms with Gasteiger partial charge < -0.3 is 19.9 Å². The number of hydrogen-bond acceptors (Lipinski definition) is 5. The Balaban J connectivity index is 2.23. The van der Waals surface area contributed by atoms with Gasteiger partial charge in [0, 0.05) is 19.0 Å². The van der Waals surface area contributed by atoms with Crippen molar-refractivity contribution in [3.63, 3.8) is 0 Å². The number of anilines is 1. The predicted molar refractivity (Wildman–Crippen MR) is 82.2 cm³/mol. The highest BCUT2D eigenvalue weighted by molar-refractivity contribution is 5.92. The van der Waals surface area contributed by atoms with Crippen molar-refractivity contribution in [2.75, 3.05) is 25.9 Å². The van der Waals surface area contributed by atoms with Crippen LogP contribution in [0.3, 0.4) is 0 Å². The summed E-state index contributed by atoms with van der Waals surface area (Å²) < 4.78 is 7.01. The van der Waals surface area contributed by atoms with Crippen molar-refractivity contribution in [2.24, 2.45) is 0 Å². The number of aryl methyl sites for hydroxylation is 1. The van der Waals surface area contributed by atoms with Crippen LogP contribution in [0, 0.1) is 0 Å². The summed E-state index contributed by atoms with van der Waals surface area (Å²) in [6, 6.07) is 0.454.